The van der Waals surface area contributed by atoms with Gasteiger partial charge in [0.2, 0.25) is 0 Å². The minimum absolute atomic E-state index is 0.320. The van der Waals surface area contributed by atoms with Crippen LogP contribution in [-0.2, 0) is 16.4 Å². The van der Waals surface area contributed by atoms with E-state index in [1.807, 2.05) is 29.2 Å². The van der Waals surface area contributed by atoms with Crippen LogP contribution in [0.25, 0.3) is 0 Å². The molecule has 0 amide bonds. The Kier molecular flexibility index (Phi) is 5.71. The van der Waals surface area contributed by atoms with E-state index in [1.165, 1.54) is 6.26 Å². The molecule has 2 N–H and O–H groups in total. The molecule has 1 heterocycles. The Labute approximate surface area is 131 Å². The molecule has 2 rings (SSSR count). The minimum Gasteiger partial charge on any atom is -0.320 e. The normalized spacial score (nSPS) is 19.8. The van der Waals surface area contributed by atoms with Gasteiger partial charge in [0.25, 0.3) is 0 Å². The number of rotatable bonds is 3. The molecule has 0 aromatic heterocycles. The maximum atomic E-state index is 11.9. The summed E-state index contributed by atoms with van der Waals surface area (Å²) in [5.74, 6) is 7.52. The van der Waals surface area contributed by atoms with Crippen LogP contribution in [0.2, 0.25) is 0 Å². The largest absolute Gasteiger partial charge is 0.320 e. The first-order valence-corrected chi connectivity index (χ1v) is 9.91. The topological polar surface area (TPSA) is 63.4 Å². The quantitative estimate of drug-likeness (QED) is 0.838. The van der Waals surface area contributed by atoms with E-state index in [0.29, 0.717) is 18.8 Å². The number of hydrogen-bond donors (Lipinski definition) is 1. The summed E-state index contributed by atoms with van der Waals surface area (Å²) < 4.78 is 23.9. The van der Waals surface area contributed by atoms with Gasteiger partial charge in [0.05, 0.1) is 6.54 Å². The second kappa shape index (κ2) is 7.32. The highest BCUT2D eigenvalue weighted by Crippen LogP contribution is 2.23. The fraction of sp³-hybridized carbons (Fsp3) is 0.467. The van der Waals surface area contributed by atoms with E-state index in [0.717, 1.165) is 23.4 Å². The van der Waals surface area contributed by atoms with Gasteiger partial charge < -0.3 is 5.73 Å². The van der Waals surface area contributed by atoms with Gasteiger partial charge in [-0.15, -0.1) is 0 Å². The SMILES string of the molecule is CS(=O)(=O)C1CSCCN1Cc1ccccc1C#CCN. The van der Waals surface area contributed by atoms with Crippen LogP contribution in [0.1, 0.15) is 11.1 Å². The van der Waals surface area contributed by atoms with E-state index in [4.69, 9.17) is 5.73 Å². The van der Waals surface area contributed by atoms with Crippen LogP contribution in [0.5, 0.6) is 0 Å². The van der Waals surface area contributed by atoms with Crippen molar-refractivity contribution in [2.45, 2.75) is 11.9 Å². The first-order chi connectivity index (χ1) is 10.0. The summed E-state index contributed by atoms with van der Waals surface area (Å²) in [7, 11) is -3.08. The van der Waals surface area contributed by atoms with E-state index in [-0.39, 0.29) is 0 Å². The molecule has 1 atom stereocenters. The fourth-order valence-electron chi connectivity index (χ4n) is 2.34. The van der Waals surface area contributed by atoms with Crippen molar-refractivity contribution >= 4 is 21.6 Å². The maximum absolute atomic E-state index is 11.9. The lowest BCUT2D eigenvalue weighted by Gasteiger charge is -2.34. The van der Waals surface area contributed by atoms with E-state index in [2.05, 4.69) is 11.8 Å². The van der Waals surface area contributed by atoms with Gasteiger partial charge in [-0.3, -0.25) is 4.90 Å². The highest BCUT2D eigenvalue weighted by atomic mass is 32.2. The Hall–Kier alpha value is -1.00. The summed E-state index contributed by atoms with van der Waals surface area (Å²) in [6, 6.07) is 7.84. The second-order valence-electron chi connectivity index (χ2n) is 4.99. The molecule has 0 bridgehead atoms. The number of thioether (sulfide) groups is 1. The Morgan fingerprint density at radius 2 is 2.19 bits per heavy atom. The zero-order chi connectivity index (χ0) is 15.3. The summed E-state index contributed by atoms with van der Waals surface area (Å²) in [5, 5.41) is -0.410. The van der Waals surface area contributed by atoms with Gasteiger partial charge in [-0.25, -0.2) is 8.42 Å². The second-order valence-corrected chi connectivity index (χ2v) is 8.35. The Morgan fingerprint density at radius 3 is 2.90 bits per heavy atom. The number of nitrogens with two attached hydrogens (primary N) is 1. The molecule has 1 aromatic rings. The average Bonchev–Trinajstić information content (AvgIpc) is 2.46. The monoisotopic (exact) mass is 324 g/mol. The molecule has 114 valence electrons. The number of nitrogens with zero attached hydrogens (tertiary/aromatic N) is 1. The molecule has 1 aliphatic heterocycles. The first-order valence-electron chi connectivity index (χ1n) is 6.80. The Morgan fingerprint density at radius 1 is 1.43 bits per heavy atom. The molecule has 0 spiro atoms. The lowest BCUT2D eigenvalue weighted by molar-refractivity contribution is 0.262. The molecule has 4 nitrogen and oxygen atoms in total. The zero-order valence-electron chi connectivity index (χ0n) is 12.1. The third-order valence-corrected chi connectivity index (χ3v) is 6.09. The maximum Gasteiger partial charge on any atom is 0.164 e. The molecule has 1 aliphatic rings. The third kappa shape index (κ3) is 4.48. The van der Waals surface area contributed by atoms with Gasteiger partial charge in [0, 0.05) is 36.4 Å². The molecular formula is C15H20N2O2S2. The van der Waals surface area contributed by atoms with Crippen molar-refractivity contribution in [3.63, 3.8) is 0 Å². The van der Waals surface area contributed by atoms with Crippen molar-refractivity contribution in [3.05, 3.63) is 35.4 Å². The number of sulfone groups is 1. The minimum atomic E-state index is -3.08. The number of benzene rings is 1. The summed E-state index contributed by atoms with van der Waals surface area (Å²) in [5.41, 5.74) is 7.40. The standard InChI is InChI=1S/C15H20N2O2S2/c1-21(18,19)15-12-20-10-9-17(15)11-14-6-3-2-5-13(14)7-4-8-16/h2-3,5-6,15H,8-12,16H2,1H3. The van der Waals surface area contributed by atoms with Gasteiger partial charge in [-0.05, 0) is 11.6 Å². The van der Waals surface area contributed by atoms with Crippen LogP contribution in [0, 0.1) is 11.8 Å². The van der Waals surface area contributed by atoms with Crippen LogP contribution in [-0.4, -0.2) is 49.5 Å². The van der Waals surface area contributed by atoms with Crippen LogP contribution in [0.3, 0.4) is 0 Å². The highest BCUT2D eigenvalue weighted by molar-refractivity contribution is 8.00. The van der Waals surface area contributed by atoms with Crippen LogP contribution in [0.4, 0.5) is 0 Å². The van der Waals surface area contributed by atoms with Crippen LogP contribution < -0.4 is 5.73 Å². The van der Waals surface area contributed by atoms with Crippen LogP contribution >= 0.6 is 11.8 Å². The van der Waals surface area contributed by atoms with Crippen molar-refractivity contribution < 1.29 is 8.42 Å². The predicted octanol–water partition coefficient (Wildman–Crippen LogP) is 0.916. The summed E-state index contributed by atoms with van der Waals surface area (Å²) >= 11 is 1.70. The van der Waals surface area contributed by atoms with E-state index < -0.39 is 15.2 Å². The lowest BCUT2D eigenvalue weighted by atomic mass is 10.1. The van der Waals surface area contributed by atoms with Gasteiger partial charge in [0.1, 0.15) is 5.37 Å². The highest BCUT2D eigenvalue weighted by Gasteiger charge is 2.31. The average molecular weight is 324 g/mol. The Bertz CT molecular complexity index is 647. The zero-order valence-corrected chi connectivity index (χ0v) is 13.7. The first kappa shape index (κ1) is 16.4. The molecular weight excluding hydrogens is 304 g/mol. The molecule has 1 unspecified atom stereocenters. The molecule has 21 heavy (non-hydrogen) atoms. The molecule has 1 fully saturated rings. The van der Waals surface area contributed by atoms with Crippen molar-refractivity contribution in [1.82, 2.24) is 4.90 Å². The number of hydrogen-bond acceptors (Lipinski definition) is 5. The van der Waals surface area contributed by atoms with Gasteiger partial charge in [-0.1, -0.05) is 30.0 Å². The smallest absolute Gasteiger partial charge is 0.164 e. The molecule has 0 saturated carbocycles. The van der Waals surface area contributed by atoms with Crippen molar-refractivity contribution in [2.75, 3.05) is 30.9 Å². The summed E-state index contributed by atoms with van der Waals surface area (Å²) in [6.07, 6.45) is 1.32. The van der Waals surface area contributed by atoms with E-state index >= 15 is 0 Å². The predicted molar refractivity (Wildman–Crippen MR) is 88.7 cm³/mol. The molecule has 0 radical (unpaired) electrons. The lowest BCUT2D eigenvalue weighted by Crippen LogP contribution is -2.46. The van der Waals surface area contributed by atoms with Crippen LogP contribution in [0.15, 0.2) is 24.3 Å². The molecule has 6 heteroatoms. The molecule has 0 aliphatic carbocycles. The molecule has 1 aromatic carbocycles. The van der Waals surface area contributed by atoms with Gasteiger partial charge in [0.15, 0.2) is 9.84 Å². The summed E-state index contributed by atoms with van der Waals surface area (Å²) in [6.45, 7) is 1.70. The third-order valence-electron chi connectivity index (χ3n) is 3.40. The Balaban J connectivity index is 2.24. The van der Waals surface area contributed by atoms with Crippen molar-refractivity contribution in [1.29, 1.82) is 0 Å². The van der Waals surface area contributed by atoms with E-state index in [1.54, 1.807) is 11.8 Å². The molecule has 1 saturated heterocycles. The van der Waals surface area contributed by atoms with Crippen molar-refractivity contribution in [2.24, 2.45) is 5.73 Å². The van der Waals surface area contributed by atoms with Gasteiger partial charge >= 0.3 is 0 Å². The fourth-order valence-corrected chi connectivity index (χ4v) is 5.28. The summed E-state index contributed by atoms with van der Waals surface area (Å²) in [4.78, 5) is 2.04. The van der Waals surface area contributed by atoms with E-state index in [9.17, 15) is 8.42 Å². The van der Waals surface area contributed by atoms with Crippen molar-refractivity contribution in [3.8, 4) is 11.8 Å². The van der Waals surface area contributed by atoms with Gasteiger partial charge in [-0.2, -0.15) is 11.8 Å².